The van der Waals surface area contributed by atoms with Crippen LogP contribution in [0.3, 0.4) is 0 Å². The van der Waals surface area contributed by atoms with Gasteiger partial charge < -0.3 is 19.5 Å². The number of aromatic carboxylic acids is 1. The molecule has 94 valence electrons. The zero-order chi connectivity index (χ0) is 13.1. The molecule has 18 heavy (non-hydrogen) atoms. The lowest BCUT2D eigenvalue weighted by Crippen LogP contribution is -1.95. The normalized spacial score (nSPS) is 10.3. The summed E-state index contributed by atoms with van der Waals surface area (Å²) in [4.78, 5) is 10.7. The summed E-state index contributed by atoms with van der Waals surface area (Å²) in [7, 11) is 1.46. The van der Waals surface area contributed by atoms with Gasteiger partial charge in [-0.15, -0.1) is 0 Å². The molecule has 0 unspecified atom stereocenters. The van der Waals surface area contributed by atoms with E-state index in [1.165, 1.54) is 13.2 Å². The van der Waals surface area contributed by atoms with Crippen molar-refractivity contribution in [2.24, 2.45) is 0 Å². The summed E-state index contributed by atoms with van der Waals surface area (Å²) in [5.74, 6) is -0.449. The minimum absolute atomic E-state index is 0.179. The number of aliphatic hydroxyl groups is 1. The molecule has 1 heterocycles. The molecule has 6 heteroatoms. The van der Waals surface area contributed by atoms with E-state index in [1.807, 2.05) is 0 Å². The number of carboxylic acid groups (broad SMARTS) is 1. The molecule has 0 atom stereocenters. The molecule has 0 aliphatic heterocycles. The van der Waals surface area contributed by atoms with Crippen LogP contribution in [0.2, 0.25) is 0 Å². The fourth-order valence-electron chi connectivity index (χ4n) is 1.65. The Labute approximate surface area is 102 Å². The van der Waals surface area contributed by atoms with Crippen molar-refractivity contribution in [3.8, 4) is 17.1 Å². The molecule has 2 rings (SSSR count). The van der Waals surface area contributed by atoms with E-state index < -0.39 is 5.97 Å². The highest BCUT2D eigenvalue weighted by Gasteiger charge is 2.17. The maximum atomic E-state index is 10.7. The van der Waals surface area contributed by atoms with E-state index in [-0.39, 0.29) is 18.1 Å². The van der Waals surface area contributed by atoms with E-state index in [4.69, 9.17) is 14.4 Å². The SMILES string of the molecule is COc1c(CO)cccc1-c1cc(C(=O)O)no1. The topological polar surface area (TPSA) is 92.8 Å². The predicted octanol–water partition coefficient (Wildman–Crippen LogP) is 1.54. The number of aromatic nitrogens is 1. The van der Waals surface area contributed by atoms with Crippen molar-refractivity contribution in [2.75, 3.05) is 7.11 Å². The number of para-hydroxylation sites is 1. The molecule has 1 aromatic carbocycles. The van der Waals surface area contributed by atoms with Gasteiger partial charge in [0.15, 0.2) is 11.5 Å². The van der Waals surface area contributed by atoms with Crippen LogP contribution in [-0.4, -0.2) is 28.4 Å². The van der Waals surface area contributed by atoms with Crippen LogP contribution in [0.4, 0.5) is 0 Å². The van der Waals surface area contributed by atoms with E-state index in [1.54, 1.807) is 18.2 Å². The number of nitrogens with zero attached hydrogens (tertiary/aromatic N) is 1. The fourth-order valence-corrected chi connectivity index (χ4v) is 1.65. The lowest BCUT2D eigenvalue weighted by atomic mass is 10.1. The highest BCUT2D eigenvalue weighted by atomic mass is 16.5. The zero-order valence-corrected chi connectivity index (χ0v) is 9.58. The third-order valence-corrected chi connectivity index (χ3v) is 2.47. The summed E-state index contributed by atoms with van der Waals surface area (Å²) >= 11 is 0. The van der Waals surface area contributed by atoms with Gasteiger partial charge >= 0.3 is 5.97 Å². The van der Waals surface area contributed by atoms with Gasteiger partial charge in [0, 0.05) is 11.6 Å². The summed E-state index contributed by atoms with van der Waals surface area (Å²) in [5, 5.41) is 21.4. The fraction of sp³-hybridized carbons (Fsp3) is 0.167. The maximum absolute atomic E-state index is 10.7. The van der Waals surface area contributed by atoms with E-state index in [2.05, 4.69) is 5.16 Å². The second kappa shape index (κ2) is 4.89. The van der Waals surface area contributed by atoms with Crippen LogP contribution in [0.25, 0.3) is 11.3 Å². The molecule has 0 fully saturated rings. The smallest absolute Gasteiger partial charge is 0.358 e. The molecule has 2 aromatic rings. The van der Waals surface area contributed by atoms with Gasteiger partial charge in [0.1, 0.15) is 5.75 Å². The number of methoxy groups -OCH3 is 1. The summed E-state index contributed by atoms with van der Waals surface area (Å²) in [5.41, 5.74) is 0.953. The first-order valence-electron chi connectivity index (χ1n) is 5.14. The predicted molar refractivity (Wildman–Crippen MR) is 61.4 cm³/mol. The second-order valence-corrected chi connectivity index (χ2v) is 3.54. The minimum atomic E-state index is -1.16. The van der Waals surface area contributed by atoms with Gasteiger partial charge in [0.2, 0.25) is 0 Å². The number of hydrogen-bond acceptors (Lipinski definition) is 5. The summed E-state index contributed by atoms with van der Waals surface area (Å²) < 4.78 is 10.2. The van der Waals surface area contributed by atoms with Crippen LogP contribution >= 0.6 is 0 Å². The average Bonchev–Trinajstić information content (AvgIpc) is 2.87. The molecule has 0 aliphatic carbocycles. The number of aliphatic hydroxyl groups excluding tert-OH is 1. The van der Waals surface area contributed by atoms with Crippen LogP contribution in [0, 0.1) is 0 Å². The molecule has 6 nitrogen and oxygen atoms in total. The van der Waals surface area contributed by atoms with Crippen molar-refractivity contribution >= 4 is 5.97 Å². The molecule has 0 saturated carbocycles. The number of carboxylic acids is 1. The second-order valence-electron chi connectivity index (χ2n) is 3.54. The van der Waals surface area contributed by atoms with Crippen molar-refractivity contribution < 1.29 is 24.3 Å². The number of carbonyl (C=O) groups is 1. The summed E-state index contributed by atoms with van der Waals surface area (Å²) in [6.07, 6.45) is 0. The standard InChI is InChI=1S/C12H11NO5/c1-17-11-7(6-14)3-2-4-8(11)10-5-9(12(15)16)13-18-10/h2-5,14H,6H2,1H3,(H,15,16). The Balaban J connectivity index is 2.52. The Hall–Kier alpha value is -2.34. The van der Waals surface area contributed by atoms with E-state index in [0.717, 1.165) is 0 Å². The first kappa shape index (κ1) is 12.1. The molecule has 2 N–H and O–H groups in total. The van der Waals surface area contributed by atoms with Crippen LogP contribution < -0.4 is 4.74 Å². The zero-order valence-electron chi connectivity index (χ0n) is 9.58. The summed E-state index contributed by atoms with van der Waals surface area (Å²) in [6, 6.07) is 6.43. The lowest BCUT2D eigenvalue weighted by Gasteiger charge is -2.09. The minimum Gasteiger partial charge on any atom is -0.496 e. The van der Waals surface area contributed by atoms with Crippen LogP contribution in [0.1, 0.15) is 16.1 Å². The third kappa shape index (κ3) is 2.05. The number of benzene rings is 1. The van der Waals surface area contributed by atoms with Crippen molar-refractivity contribution in [1.82, 2.24) is 5.16 Å². The van der Waals surface area contributed by atoms with Gasteiger partial charge in [-0.25, -0.2) is 4.79 Å². The first-order valence-corrected chi connectivity index (χ1v) is 5.14. The van der Waals surface area contributed by atoms with Crippen molar-refractivity contribution in [1.29, 1.82) is 0 Å². The quantitative estimate of drug-likeness (QED) is 0.853. The van der Waals surface area contributed by atoms with Gasteiger partial charge in [-0.05, 0) is 6.07 Å². The van der Waals surface area contributed by atoms with Crippen LogP contribution in [0.15, 0.2) is 28.8 Å². The van der Waals surface area contributed by atoms with E-state index in [0.29, 0.717) is 16.9 Å². The number of rotatable bonds is 4. The van der Waals surface area contributed by atoms with Crippen LogP contribution in [0.5, 0.6) is 5.75 Å². The maximum Gasteiger partial charge on any atom is 0.358 e. The Morgan fingerprint density at radius 2 is 2.28 bits per heavy atom. The first-order chi connectivity index (χ1) is 8.67. The molecule has 0 amide bonds. The summed E-state index contributed by atoms with van der Waals surface area (Å²) in [6.45, 7) is -0.184. The van der Waals surface area contributed by atoms with Gasteiger partial charge in [-0.1, -0.05) is 17.3 Å². The number of ether oxygens (including phenoxy) is 1. The number of hydrogen-bond donors (Lipinski definition) is 2. The molecular weight excluding hydrogens is 238 g/mol. The van der Waals surface area contributed by atoms with Crippen LogP contribution in [-0.2, 0) is 6.61 Å². The Morgan fingerprint density at radius 3 is 2.83 bits per heavy atom. The average molecular weight is 249 g/mol. The molecule has 1 aromatic heterocycles. The molecule has 0 bridgehead atoms. The highest BCUT2D eigenvalue weighted by Crippen LogP contribution is 2.33. The van der Waals surface area contributed by atoms with Gasteiger partial charge in [0.05, 0.1) is 19.3 Å². The van der Waals surface area contributed by atoms with Gasteiger partial charge in [-0.3, -0.25) is 0 Å². The van der Waals surface area contributed by atoms with Gasteiger partial charge in [-0.2, -0.15) is 0 Å². The Bertz CT molecular complexity index is 576. The Morgan fingerprint density at radius 1 is 1.50 bits per heavy atom. The lowest BCUT2D eigenvalue weighted by molar-refractivity contribution is 0.0686. The highest BCUT2D eigenvalue weighted by molar-refractivity contribution is 5.86. The molecule has 0 radical (unpaired) electrons. The Kier molecular flexibility index (Phi) is 3.29. The van der Waals surface area contributed by atoms with Gasteiger partial charge in [0.25, 0.3) is 0 Å². The van der Waals surface area contributed by atoms with Crippen molar-refractivity contribution in [2.45, 2.75) is 6.61 Å². The van der Waals surface area contributed by atoms with Crippen molar-refractivity contribution in [3.05, 3.63) is 35.5 Å². The van der Waals surface area contributed by atoms with E-state index >= 15 is 0 Å². The van der Waals surface area contributed by atoms with E-state index in [9.17, 15) is 9.90 Å². The molecule has 0 saturated heterocycles. The molecular formula is C12H11NO5. The van der Waals surface area contributed by atoms with Crippen molar-refractivity contribution in [3.63, 3.8) is 0 Å². The third-order valence-electron chi connectivity index (χ3n) is 2.47. The monoisotopic (exact) mass is 249 g/mol. The molecule has 0 spiro atoms. The largest absolute Gasteiger partial charge is 0.496 e. The molecule has 0 aliphatic rings.